The molecule has 1 unspecified atom stereocenters. The maximum atomic E-state index is 5.75. The van der Waals surface area contributed by atoms with Crippen LogP contribution in [-0.4, -0.2) is 24.0 Å². The molecule has 0 aliphatic rings. The van der Waals surface area contributed by atoms with E-state index in [9.17, 15) is 0 Å². The first-order valence-corrected chi connectivity index (χ1v) is 6.44. The molecule has 3 N–H and O–H groups in total. The van der Waals surface area contributed by atoms with Crippen LogP contribution in [0.25, 0.3) is 0 Å². The Labute approximate surface area is 118 Å². The number of benzene rings is 1. The van der Waals surface area contributed by atoms with E-state index in [2.05, 4.69) is 10.5 Å². The van der Waals surface area contributed by atoms with Gasteiger partial charge >= 0.3 is 0 Å². The van der Waals surface area contributed by atoms with Crippen molar-refractivity contribution in [3.63, 3.8) is 0 Å². The summed E-state index contributed by atoms with van der Waals surface area (Å²) in [6.07, 6.45) is 1.76. The fourth-order valence-electron chi connectivity index (χ4n) is 2.25. The molecule has 0 aliphatic carbocycles. The van der Waals surface area contributed by atoms with Crippen molar-refractivity contribution in [1.82, 2.24) is 15.2 Å². The van der Waals surface area contributed by atoms with E-state index in [1.54, 1.807) is 20.4 Å². The topological polar surface area (TPSA) is 74.3 Å². The molecular formula is C14H20N4O2. The van der Waals surface area contributed by atoms with Crippen molar-refractivity contribution in [2.45, 2.75) is 19.5 Å². The van der Waals surface area contributed by atoms with Crippen LogP contribution in [0.2, 0.25) is 0 Å². The van der Waals surface area contributed by atoms with Crippen LogP contribution in [0.1, 0.15) is 24.2 Å². The lowest BCUT2D eigenvalue weighted by atomic mass is 10.0. The number of nitrogens with two attached hydrogens (primary N) is 1. The Hall–Kier alpha value is -2.05. The zero-order chi connectivity index (χ0) is 14.5. The highest BCUT2D eigenvalue weighted by molar-refractivity contribution is 5.45. The van der Waals surface area contributed by atoms with Gasteiger partial charge in [0.05, 0.1) is 26.0 Å². The van der Waals surface area contributed by atoms with Crippen molar-refractivity contribution in [3.8, 4) is 11.5 Å². The average Bonchev–Trinajstić information content (AvgIpc) is 2.96. The average molecular weight is 276 g/mol. The van der Waals surface area contributed by atoms with Gasteiger partial charge in [0.25, 0.3) is 0 Å². The molecule has 0 spiro atoms. The van der Waals surface area contributed by atoms with Gasteiger partial charge in [0.15, 0.2) is 0 Å². The number of hydrogen-bond donors (Lipinski definition) is 2. The predicted molar refractivity (Wildman–Crippen MR) is 76.6 cm³/mol. The molecule has 0 saturated heterocycles. The molecule has 1 atom stereocenters. The first-order valence-electron chi connectivity index (χ1n) is 6.44. The quantitative estimate of drug-likeness (QED) is 0.617. The SMILES string of the molecule is CCn1nccc1C(NN)c1cc(OC)ccc1OC. The van der Waals surface area contributed by atoms with Crippen LogP contribution < -0.4 is 20.7 Å². The minimum absolute atomic E-state index is 0.220. The monoisotopic (exact) mass is 276 g/mol. The Balaban J connectivity index is 2.50. The number of nitrogens with one attached hydrogen (secondary N) is 1. The van der Waals surface area contributed by atoms with Crippen LogP contribution in [0.5, 0.6) is 11.5 Å². The van der Waals surface area contributed by atoms with E-state index in [-0.39, 0.29) is 6.04 Å². The molecule has 0 bridgehead atoms. The van der Waals surface area contributed by atoms with Gasteiger partial charge in [-0.3, -0.25) is 10.5 Å². The van der Waals surface area contributed by atoms with Gasteiger partial charge in [-0.2, -0.15) is 5.10 Å². The first-order chi connectivity index (χ1) is 9.74. The third kappa shape index (κ3) is 2.61. The molecule has 1 aromatic carbocycles. The van der Waals surface area contributed by atoms with Crippen LogP contribution in [0, 0.1) is 0 Å². The second-order valence-corrected chi connectivity index (χ2v) is 4.28. The highest BCUT2D eigenvalue weighted by atomic mass is 16.5. The highest BCUT2D eigenvalue weighted by Crippen LogP contribution is 2.32. The van der Waals surface area contributed by atoms with E-state index in [1.165, 1.54) is 0 Å². The lowest BCUT2D eigenvalue weighted by Gasteiger charge is -2.20. The molecule has 0 radical (unpaired) electrons. The Morgan fingerprint density at radius 2 is 2.10 bits per heavy atom. The molecule has 0 saturated carbocycles. The summed E-state index contributed by atoms with van der Waals surface area (Å²) in [6.45, 7) is 2.81. The fourth-order valence-corrected chi connectivity index (χ4v) is 2.25. The normalized spacial score (nSPS) is 12.2. The summed E-state index contributed by atoms with van der Waals surface area (Å²) in [5.74, 6) is 7.25. The lowest BCUT2D eigenvalue weighted by molar-refractivity contribution is 0.392. The molecule has 2 rings (SSSR count). The molecule has 1 aromatic heterocycles. The van der Waals surface area contributed by atoms with Crippen LogP contribution in [0.4, 0.5) is 0 Å². The standard InChI is InChI=1S/C14H20N4O2/c1-4-18-12(7-8-16-18)14(17-15)11-9-10(19-2)5-6-13(11)20-3/h5-9,14,17H,4,15H2,1-3H3. The van der Waals surface area contributed by atoms with Crippen molar-refractivity contribution in [2.24, 2.45) is 5.84 Å². The minimum atomic E-state index is -0.220. The number of ether oxygens (including phenoxy) is 2. The van der Waals surface area contributed by atoms with Crippen molar-refractivity contribution < 1.29 is 9.47 Å². The van der Waals surface area contributed by atoms with Gasteiger partial charge < -0.3 is 9.47 Å². The number of aryl methyl sites for hydroxylation is 1. The van der Waals surface area contributed by atoms with Crippen LogP contribution in [-0.2, 0) is 6.54 Å². The van der Waals surface area contributed by atoms with Gasteiger partial charge in [-0.1, -0.05) is 0 Å². The van der Waals surface area contributed by atoms with E-state index >= 15 is 0 Å². The third-order valence-electron chi connectivity index (χ3n) is 3.26. The Morgan fingerprint density at radius 3 is 2.70 bits per heavy atom. The molecule has 6 nitrogen and oxygen atoms in total. The summed E-state index contributed by atoms with van der Waals surface area (Å²) in [5, 5.41) is 4.28. The highest BCUT2D eigenvalue weighted by Gasteiger charge is 2.21. The smallest absolute Gasteiger partial charge is 0.124 e. The van der Waals surface area contributed by atoms with E-state index in [4.69, 9.17) is 15.3 Å². The fraction of sp³-hybridized carbons (Fsp3) is 0.357. The summed E-state index contributed by atoms with van der Waals surface area (Å²) in [7, 11) is 3.27. The van der Waals surface area contributed by atoms with Gasteiger partial charge in [-0.15, -0.1) is 0 Å². The molecule has 1 heterocycles. The van der Waals surface area contributed by atoms with Gasteiger partial charge in [-0.25, -0.2) is 5.43 Å². The Kier molecular flexibility index (Phi) is 4.60. The van der Waals surface area contributed by atoms with Gasteiger partial charge in [0, 0.05) is 18.3 Å². The number of nitrogens with zero attached hydrogens (tertiary/aromatic N) is 2. The van der Waals surface area contributed by atoms with Crippen LogP contribution in [0.15, 0.2) is 30.5 Å². The van der Waals surface area contributed by atoms with Crippen LogP contribution in [0.3, 0.4) is 0 Å². The zero-order valence-electron chi connectivity index (χ0n) is 12.0. The molecule has 0 amide bonds. The van der Waals surface area contributed by atoms with Gasteiger partial charge in [0.2, 0.25) is 0 Å². The van der Waals surface area contributed by atoms with E-state index in [1.807, 2.05) is 35.9 Å². The second kappa shape index (κ2) is 6.40. The zero-order valence-corrected chi connectivity index (χ0v) is 12.0. The Morgan fingerprint density at radius 1 is 1.30 bits per heavy atom. The van der Waals surface area contributed by atoms with Crippen molar-refractivity contribution in [1.29, 1.82) is 0 Å². The van der Waals surface area contributed by atoms with Crippen molar-refractivity contribution in [3.05, 3.63) is 41.7 Å². The first kappa shape index (κ1) is 14.4. The molecule has 6 heteroatoms. The maximum absolute atomic E-state index is 5.75. The largest absolute Gasteiger partial charge is 0.497 e. The van der Waals surface area contributed by atoms with Crippen molar-refractivity contribution >= 4 is 0 Å². The number of rotatable bonds is 6. The second-order valence-electron chi connectivity index (χ2n) is 4.28. The summed E-state index contributed by atoms with van der Waals surface area (Å²) >= 11 is 0. The molecular weight excluding hydrogens is 256 g/mol. The Bertz CT molecular complexity index is 568. The maximum Gasteiger partial charge on any atom is 0.124 e. The number of hydrogen-bond acceptors (Lipinski definition) is 5. The molecule has 0 aliphatic heterocycles. The number of aromatic nitrogens is 2. The molecule has 108 valence electrons. The number of methoxy groups -OCH3 is 2. The van der Waals surface area contributed by atoms with Gasteiger partial charge in [-0.05, 0) is 31.2 Å². The predicted octanol–water partition coefficient (Wildman–Crippen LogP) is 1.47. The summed E-state index contributed by atoms with van der Waals surface area (Å²) in [5.41, 5.74) is 4.71. The van der Waals surface area contributed by atoms with Crippen molar-refractivity contribution in [2.75, 3.05) is 14.2 Å². The molecule has 2 aromatic rings. The molecule has 20 heavy (non-hydrogen) atoms. The number of hydrazine groups is 1. The summed E-state index contributed by atoms with van der Waals surface area (Å²) in [4.78, 5) is 0. The van der Waals surface area contributed by atoms with E-state index < -0.39 is 0 Å². The lowest BCUT2D eigenvalue weighted by Crippen LogP contribution is -2.31. The van der Waals surface area contributed by atoms with Crippen LogP contribution >= 0.6 is 0 Å². The third-order valence-corrected chi connectivity index (χ3v) is 3.26. The summed E-state index contributed by atoms with van der Waals surface area (Å²) in [6, 6.07) is 7.35. The van der Waals surface area contributed by atoms with Gasteiger partial charge in [0.1, 0.15) is 11.5 Å². The van der Waals surface area contributed by atoms with E-state index in [0.717, 1.165) is 29.3 Å². The minimum Gasteiger partial charge on any atom is -0.497 e. The molecule has 0 fully saturated rings. The summed E-state index contributed by atoms with van der Waals surface area (Å²) < 4.78 is 12.6. The van der Waals surface area contributed by atoms with E-state index in [0.29, 0.717) is 0 Å².